The molecule has 15 heteroatoms. The van der Waals surface area contributed by atoms with E-state index in [2.05, 4.69) is 85.0 Å². The number of benzene rings is 5. The summed E-state index contributed by atoms with van der Waals surface area (Å²) in [5, 5.41) is 17.0. The van der Waals surface area contributed by atoms with Gasteiger partial charge in [-0.3, -0.25) is 19.7 Å². The SMILES string of the molecule is CCN(CC)CC(CSc1ccccc1)Nc1ccc(S(=O)(=O)Nc2ncnc3cc(N4CCN(Cc5ccccc5-c5ccc(Cl)cc5)CC4)ccc23)cc1[N+](=O)[O-]. The Kier molecular flexibility index (Phi) is 13.6. The summed E-state index contributed by atoms with van der Waals surface area (Å²) in [6, 6.07) is 35.9. The molecule has 6 aromatic rings. The number of anilines is 3. The largest absolute Gasteiger partial charge is 0.375 e. The van der Waals surface area contributed by atoms with Crippen LogP contribution in [0.4, 0.5) is 22.9 Å². The Hall–Kier alpha value is -5.25. The molecule has 1 atom stereocenters. The lowest BCUT2D eigenvalue weighted by Crippen LogP contribution is -2.46. The molecule has 1 saturated heterocycles. The molecule has 59 heavy (non-hydrogen) atoms. The third kappa shape index (κ3) is 10.5. The minimum Gasteiger partial charge on any atom is -0.375 e. The molecule has 12 nitrogen and oxygen atoms in total. The monoisotopic (exact) mass is 850 g/mol. The summed E-state index contributed by atoms with van der Waals surface area (Å²) < 4.78 is 30.1. The van der Waals surface area contributed by atoms with Gasteiger partial charge in [0.1, 0.15) is 12.0 Å². The highest BCUT2D eigenvalue weighted by Gasteiger charge is 2.26. The highest BCUT2D eigenvalue weighted by atomic mass is 35.5. The summed E-state index contributed by atoms with van der Waals surface area (Å²) in [5.74, 6) is 0.742. The first-order valence-electron chi connectivity index (χ1n) is 19.6. The lowest BCUT2D eigenvalue weighted by molar-refractivity contribution is -0.384. The highest BCUT2D eigenvalue weighted by molar-refractivity contribution is 7.99. The quantitative estimate of drug-likeness (QED) is 0.0517. The normalized spacial score (nSPS) is 14.1. The summed E-state index contributed by atoms with van der Waals surface area (Å²) in [4.78, 5) is 28.4. The Balaban J connectivity index is 1.03. The van der Waals surface area contributed by atoms with E-state index in [1.165, 1.54) is 29.6 Å². The van der Waals surface area contributed by atoms with E-state index in [4.69, 9.17) is 11.6 Å². The molecule has 2 N–H and O–H groups in total. The van der Waals surface area contributed by atoms with Crippen molar-refractivity contribution in [1.82, 2.24) is 19.8 Å². The Morgan fingerprint density at radius 1 is 0.881 bits per heavy atom. The maximum atomic E-state index is 13.8. The van der Waals surface area contributed by atoms with Crippen molar-refractivity contribution < 1.29 is 13.3 Å². The minimum atomic E-state index is -4.27. The van der Waals surface area contributed by atoms with Crippen LogP contribution in [0.1, 0.15) is 19.4 Å². The smallest absolute Gasteiger partial charge is 0.293 e. The fourth-order valence-corrected chi connectivity index (χ4v) is 9.41. The van der Waals surface area contributed by atoms with Crippen LogP contribution in [-0.4, -0.2) is 90.7 Å². The molecule has 0 saturated carbocycles. The number of hydrogen-bond acceptors (Lipinski definition) is 11. The van der Waals surface area contributed by atoms with Crippen molar-refractivity contribution in [2.45, 2.75) is 36.2 Å². The minimum absolute atomic E-state index is 0.0906. The van der Waals surface area contributed by atoms with E-state index >= 15 is 0 Å². The number of sulfonamides is 1. The zero-order valence-electron chi connectivity index (χ0n) is 33.0. The van der Waals surface area contributed by atoms with Crippen LogP contribution >= 0.6 is 23.4 Å². The maximum absolute atomic E-state index is 13.8. The van der Waals surface area contributed by atoms with Crippen LogP contribution in [0.15, 0.2) is 131 Å². The summed E-state index contributed by atoms with van der Waals surface area (Å²) in [6.07, 6.45) is 1.32. The summed E-state index contributed by atoms with van der Waals surface area (Å²) in [7, 11) is -4.27. The highest BCUT2D eigenvalue weighted by Crippen LogP contribution is 2.33. The number of nitro benzene ring substituents is 1. The van der Waals surface area contributed by atoms with E-state index in [0.717, 1.165) is 68.0 Å². The standard InChI is InChI=1S/C44H47ClN8O4S2/c1-3-50(4-2)29-35(30-58-37-11-6-5-7-12-37)48-41-21-19-38(27-43(41)53(54)55)59(56,57)49-44-40-20-18-36(26-42(40)46-31-47-44)52-24-22-51(23-25-52)28-33-10-8-9-13-39(33)32-14-16-34(45)17-15-32/h5-21,26-27,31,35,48H,3-4,22-25,28-30H2,1-2H3,(H,46,47,49). The van der Waals surface area contributed by atoms with Gasteiger partial charge < -0.3 is 15.1 Å². The molecular formula is C44H47ClN8O4S2. The Morgan fingerprint density at radius 3 is 2.34 bits per heavy atom. The third-order valence-electron chi connectivity index (χ3n) is 10.6. The molecule has 0 amide bonds. The molecule has 1 fully saturated rings. The van der Waals surface area contributed by atoms with Gasteiger partial charge in [0, 0.05) is 78.1 Å². The van der Waals surface area contributed by atoms with Crippen molar-refractivity contribution >= 4 is 67.2 Å². The fourth-order valence-electron chi connectivity index (χ4n) is 7.30. The second-order valence-electron chi connectivity index (χ2n) is 14.3. The second kappa shape index (κ2) is 19.2. The number of likely N-dealkylation sites (N-methyl/N-ethyl adjacent to an activating group) is 1. The van der Waals surface area contributed by atoms with Crippen LogP contribution in [0.3, 0.4) is 0 Å². The molecular weight excluding hydrogens is 804 g/mol. The molecule has 1 aliphatic rings. The van der Waals surface area contributed by atoms with Crippen LogP contribution in [0.5, 0.6) is 0 Å². The lowest BCUT2D eigenvalue weighted by Gasteiger charge is -2.36. The van der Waals surface area contributed by atoms with Crippen molar-refractivity contribution in [3.8, 4) is 11.1 Å². The maximum Gasteiger partial charge on any atom is 0.293 e. The Labute approximate surface area is 354 Å². The van der Waals surface area contributed by atoms with Gasteiger partial charge in [-0.15, -0.1) is 11.8 Å². The number of nitro groups is 1. The molecule has 0 bridgehead atoms. The molecule has 0 spiro atoms. The predicted octanol–water partition coefficient (Wildman–Crippen LogP) is 8.90. The van der Waals surface area contributed by atoms with Gasteiger partial charge in [-0.2, -0.15) is 0 Å². The van der Waals surface area contributed by atoms with Crippen LogP contribution in [0.2, 0.25) is 5.02 Å². The summed E-state index contributed by atoms with van der Waals surface area (Å²) in [6.45, 7) is 10.7. The number of aromatic nitrogens is 2. The van der Waals surface area contributed by atoms with Crippen LogP contribution in [0, 0.1) is 10.1 Å². The molecule has 1 aromatic heterocycles. The Morgan fingerprint density at radius 2 is 1.61 bits per heavy atom. The Bertz CT molecular complexity index is 2480. The van der Waals surface area contributed by atoms with Crippen molar-refractivity contribution in [2.75, 3.05) is 66.5 Å². The van der Waals surface area contributed by atoms with Gasteiger partial charge in [-0.05, 0) is 84.4 Å². The van der Waals surface area contributed by atoms with Gasteiger partial charge in [0.2, 0.25) is 0 Å². The van der Waals surface area contributed by atoms with Gasteiger partial charge in [0.15, 0.2) is 5.82 Å². The zero-order chi connectivity index (χ0) is 41.4. The number of thioether (sulfide) groups is 1. The van der Waals surface area contributed by atoms with E-state index < -0.39 is 14.9 Å². The number of fused-ring (bicyclic) bond motifs is 1. The van der Waals surface area contributed by atoms with E-state index in [1.54, 1.807) is 11.8 Å². The van der Waals surface area contributed by atoms with Crippen molar-refractivity contribution in [1.29, 1.82) is 0 Å². The lowest BCUT2D eigenvalue weighted by atomic mass is 9.99. The zero-order valence-corrected chi connectivity index (χ0v) is 35.4. The number of rotatable bonds is 17. The van der Waals surface area contributed by atoms with Crippen LogP contribution in [-0.2, 0) is 16.6 Å². The number of hydrogen-bond donors (Lipinski definition) is 2. The van der Waals surface area contributed by atoms with Crippen molar-refractivity contribution in [2.24, 2.45) is 0 Å². The van der Waals surface area contributed by atoms with Crippen LogP contribution < -0.4 is 14.9 Å². The number of halogens is 1. The first-order chi connectivity index (χ1) is 28.6. The third-order valence-corrected chi connectivity index (χ3v) is 13.3. The summed E-state index contributed by atoms with van der Waals surface area (Å²) in [5.41, 5.74) is 5.08. The average Bonchev–Trinajstić information content (AvgIpc) is 3.25. The van der Waals surface area contributed by atoms with E-state index in [1.807, 2.05) is 60.7 Å². The van der Waals surface area contributed by atoms with Gasteiger partial charge in [-0.1, -0.05) is 80.0 Å². The molecule has 7 rings (SSSR count). The number of nitrogens with zero attached hydrogens (tertiary/aromatic N) is 6. The van der Waals surface area contributed by atoms with E-state index in [9.17, 15) is 18.5 Å². The second-order valence-corrected chi connectivity index (χ2v) is 17.6. The topological polar surface area (TPSA) is 137 Å². The fraction of sp³-hybridized carbons (Fsp3) is 0.273. The van der Waals surface area contributed by atoms with E-state index in [-0.39, 0.29) is 28.1 Å². The van der Waals surface area contributed by atoms with Gasteiger partial charge in [0.25, 0.3) is 15.7 Å². The van der Waals surface area contributed by atoms with Crippen LogP contribution in [0.25, 0.3) is 22.0 Å². The van der Waals surface area contributed by atoms with Crippen molar-refractivity contribution in [3.05, 3.63) is 142 Å². The van der Waals surface area contributed by atoms with Gasteiger partial charge in [-0.25, -0.2) is 18.4 Å². The number of piperazine rings is 1. The molecule has 0 aliphatic carbocycles. The van der Waals surface area contributed by atoms with Crippen molar-refractivity contribution in [3.63, 3.8) is 0 Å². The van der Waals surface area contributed by atoms with Gasteiger partial charge in [0.05, 0.1) is 15.3 Å². The summed E-state index contributed by atoms with van der Waals surface area (Å²) >= 11 is 7.80. The van der Waals surface area contributed by atoms with Gasteiger partial charge >= 0.3 is 0 Å². The van der Waals surface area contributed by atoms with E-state index in [0.29, 0.717) is 28.2 Å². The first kappa shape index (κ1) is 41.9. The molecule has 1 unspecified atom stereocenters. The first-order valence-corrected chi connectivity index (χ1v) is 22.5. The predicted molar refractivity (Wildman–Crippen MR) is 240 cm³/mol. The average molecular weight is 851 g/mol. The molecule has 306 valence electrons. The molecule has 5 aromatic carbocycles. The molecule has 1 aliphatic heterocycles. The number of nitrogens with one attached hydrogen (secondary N) is 2. The molecule has 0 radical (unpaired) electrons. The molecule has 2 heterocycles.